The van der Waals surface area contributed by atoms with E-state index in [4.69, 9.17) is 0 Å². The first-order valence-electron chi connectivity index (χ1n) is 5.95. The van der Waals surface area contributed by atoms with E-state index in [1.807, 2.05) is 0 Å². The van der Waals surface area contributed by atoms with Crippen LogP contribution in [0.15, 0.2) is 24.3 Å². The molecular weight excluding hydrogens is 233 g/mol. The first-order chi connectivity index (χ1) is 8.40. The van der Waals surface area contributed by atoms with Crippen molar-refractivity contribution >= 4 is 11.7 Å². The fraction of sp³-hybridized carbons (Fsp3) is 0.429. The lowest BCUT2D eigenvalue weighted by Gasteiger charge is -2.15. The van der Waals surface area contributed by atoms with Gasteiger partial charge in [-0.15, -0.1) is 0 Å². The number of amides is 1. The van der Waals surface area contributed by atoms with Crippen LogP contribution in [0.5, 0.6) is 0 Å². The molecule has 1 aromatic carbocycles. The molecular formula is C14H18FNO2. The summed E-state index contributed by atoms with van der Waals surface area (Å²) >= 11 is 0. The zero-order valence-electron chi connectivity index (χ0n) is 10.9. The van der Waals surface area contributed by atoms with Crippen LogP contribution >= 0.6 is 0 Å². The predicted molar refractivity (Wildman–Crippen MR) is 67.6 cm³/mol. The molecule has 1 amide bonds. The summed E-state index contributed by atoms with van der Waals surface area (Å²) < 4.78 is 12.7. The Bertz CT molecular complexity index is 428. The van der Waals surface area contributed by atoms with E-state index >= 15 is 0 Å². The minimum absolute atomic E-state index is 0.0719. The van der Waals surface area contributed by atoms with Crippen LogP contribution in [-0.4, -0.2) is 17.7 Å². The second kappa shape index (κ2) is 6.28. The highest BCUT2D eigenvalue weighted by atomic mass is 19.1. The first-order valence-corrected chi connectivity index (χ1v) is 5.95. The molecule has 0 heterocycles. The zero-order chi connectivity index (χ0) is 13.7. The molecule has 4 heteroatoms. The Kier molecular flexibility index (Phi) is 5.01. The third kappa shape index (κ3) is 4.28. The Morgan fingerprint density at radius 2 is 1.78 bits per heavy atom. The molecule has 0 saturated carbocycles. The summed E-state index contributed by atoms with van der Waals surface area (Å²) in [4.78, 5) is 22.8. The van der Waals surface area contributed by atoms with Crippen LogP contribution in [0.25, 0.3) is 0 Å². The molecule has 98 valence electrons. The number of carbonyl (C=O) groups excluding carboxylic acids is 2. The number of hydrogen-bond acceptors (Lipinski definition) is 2. The van der Waals surface area contributed by atoms with Crippen LogP contribution in [0.1, 0.15) is 26.3 Å². The van der Waals surface area contributed by atoms with Gasteiger partial charge in [-0.25, -0.2) is 4.39 Å². The van der Waals surface area contributed by atoms with E-state index in [-0.39, 0.29) is 23.4 Å². The fourth-order valence-electron chi connectivity index (χ4n) is 1.52. The smallest absolute Gasteiger partial charge is 0.223 e. The minimum Gasteiger partial charge on any atom is -0.346 e. The molecule has 2 atom stereocenters. The van der Waals surface area contributed by atoms with E-state index in [9.17, 15) is 14.0 Å². The van der Waals surface area contributed by atoms with Gasteiger partial charge in [-0.05, 0) is 38.0 Å². The summed E-state index contributed by atoms with van der Waals surface area (Å²) in [5, 5.41) is 2.65. The zero-order valence-corrected chi connectivity index (χ0v) is 10.9. The monoisotopic (exact) mass is 251 g/mol. The number of carbonyl (C=O) groups is 2. The number of rotatable bonds is 5. The van der Waals surface area contributed by atoms with E-state index in [0.717, 1.165) is 5.56 Å². The van der Waals surface area contributed by atoms with Crippen LogP contribution in [0, 0.1) is 11.7 Å². The molecule has 3 nitrogen and oxygen atoms in total. The second-order valence-corrected chi connectivity index (χ2v) is 4.57. The van der Waals surface area contributed by atoms with Gasteiger partial charge in [0.1, 0.15) is 5.82 Å². The van der Waals surface area contributed by atoms with Crippen LogP contribution < -0.4 is 5.32 Å². The Morgan fingerprint density at radius 1 is 1.22 bits per heavy atom. The molecule has 1 aromatic rings. The van der Waals surface area contributed by atoms with Crippen LogP contribution in [0.3, 0.4) is 0 Å². The Balaban J connectivity index is 2.54. The van der Waals surface area contributed by atoms with Crippen molar-refractivity contribution in [3.05, 3.63) is 35.6 Å². The summed E-state index contributed by atoms with van der Waals surface area (Å²) in [6.07, 6.45) is 0.525. The molecule has 0 aromatic heterocycles. The predicted octanol–water partition coefficient (Wildman–Crippen LogP) is 2.10. The molecule has 0 saturated heterocycles. The van der Waals surface area contributed by atoms with Gasteiger partial charge in [0.25, 0.3) is 0 Å². The molecule has 18 heavy (non-hydrogen) atoms. The van der Waals surface area contributed by atoms with Gasteiger partial charge in [-0.2, -0.15) is 0 Å². The molecule has 0 aliphatic rings. The van der Waals surface area contributed by atoms with Gasteiger partial charge in [-0.3, -0.25) is 9.59 Å². The van der Waals surface area contributed by atoms with Crippen molar-refractivity contribution < 1.29 is 14.0 Å². The third-order valence-corrected chi connectivity index (χ3v) is 2.87. The molecule has 0 radical (unpaired) electrons. The number of nitrogens with one attached hydrogen (secondary N) is 1. The molecule has 1 unspecified atom stereocenters. The number of halogens is 1. The maximum atomic E-state index is 12.7. The van der Waals surface area contributed by atoms with Crippen molar-refractivity contribution in [3.8, 4) is 0 Å². The van der Waals surface area contributed by atoms with Crippen molar-refractivity contribution in [1.82, 2.24) is 5.32 Å². The fourth-order valence-corrected chi connectivity index (χ4v) is 1.52. The van der Waals surface area contributed by atoms with Crippen molar-refractivity contribution in [3.63, 3.8) is 0 Å². The number of Topliss-reactive ketones (excluding diaryl/α,β-unsaturated/α-hetero) is 1. The van der Waals surface area contributed by atoms with Gasteiger partial charge in [-0.1, -0.05) is 19.1 Å². The lowest BCUT2D eigenvalue weighted by atomic mass is 10.00. The van der Waals surface area contributed by atoms with Gasteiger partial charge in [0, 0.05) is 5.92 Å². The Labute approximate surface area is 106 Å². The highest BCUT2D eigenvalue weighted by molar-refractivity contribution is 5.87. The summed E-state index contributed by atoms with van der Waals surface area (Å²) in [7, 11) is 0. The number of benzene rings is 1. The maximum Gasteiger partial charge on any atom is 0.223 e. The van der Waals surface area contributed by atoms with E-state index in [1.54, 1.807) is 26.0 Å². The molecule has 1 N–H and O–H groups in total. The SMILES string of the molecule is CC(=O)[C@H](C)NC(=O)C(C)Cc1ccc(F)cc1. The van der Waals surface area contributed by atoms with Crippen molar-refractivity contribution in [2.75, 3.05) is 0 Å². The largest absolute Gasteiger partial charge is 0.346 e. The van der Waals surface area contributed by atoms with Crippen LogP contribution in [0.4, 0.5) is 4.39 Å². The van der Waals surface area contributed by atoms with Gasteiger partial charge >= 0.3 is 0 Å². The maximum absolute atomic E-state index is 12.7. The molecule has 0 aliphatic carbocycles. The Hall–Kier alpha value is -1.71. The summed E-state index contributed by atoms with van der Waals surface area (Å²) in [5.74, 6) is -0.780. The minimum atomic E-state index is -0.465. The topological polar surface area (TPSA) is 46.2 Å². The summed E-state index contributed by atoms with van der Waals surface area (Å²) in [6.45, 7) is 4.88. The normalized spacial score (nSPS) is 13.8. The van der Waals surface area contributed by atoms with E-state index in [0.29, 0.717) is 6.42 Å². The quantitative estimate of drug-likeness (QED) is 0.871. The molecule has 0 spiro atoms. The standard InChI is InChI=1S/C14H18FNO2/c1-9(14(18)16-10(2)11(3)17)8-12-4-6-13(15)7-5-12/h4-7,9-10H,8H2,1-3H3,(H,16,18)/t9?,10-/m0/s1. The molecule has 1 rings (SSSR count). The number of hydrogen-bond donors (Lipinski definition) is 1. The van der Waals surface area contributed by atoms with Gasteiger partial charge < -0.3 is 5.32 Å². The average Bonchev–Trinajstić information content (AvgIpc) is 2.31. The average molecular weight is 251 g/mol. The third-order valence-electron chi connectivity index (χ3n) is 2.87. The molecule has 0 aliphatic heterocycles. The van der Waals surface area contributed by atoms with Gasteiger partial charge in [0.05, 0.1) is 6.04 Å². The highest BCUT2D eigenvalue weighted by Crippen LogP contribution is 2.10. The van der Waals surface area contributed by atoms with E-state index in [2.05, 4.69) is 5.32 Å². The highest BCUT2D eigenvalue weighted by Gasteiger charge is 2.17. The summed E-state index contributed by atoms with van der Waals surface area (Å²) in [5.41, 5.74) is 0.898. The lowest BCUT2D eigenvalue weighted by molar-refractivity contribution is -0.128. The van der Waals surface area contributed by atoms with Crippen molar-refractivity contribution in [2.24, 2.45) is 5.92 Å². The van der Waals surface area contributed by atoms with Crippen LogP contribution in [-0.2, 0) is 16.0 Å². The Morgan fingerprint density at radius 3 is 2.28 bits per heavy atom. The first kappa shape index (κ1) is 14.4. The van der Waals surface area contributed by atoms with Crippen molar-refractivity contribution in [1.29, 1.82) is 0 Å². The second-order valence-electron chi connectivity index (χ2n) is 4.57. The van der Waals surface area contributed by atoms with E-state index < -0.39 is 6.04 Å². The summed E-state index contributed by atoms with van der Waals surface area (Å²) in [6, 6.07) is 5.60. The van der Waals surface area contributed by atoms with Crippen LogP contribution in [0.2, 0.25) is 0 Å². The molecule has 0 bridgehead atoms. The molecule has 0 fully saturated rings. The van der Waals surface area contributed by atoms with Gasteiger partial charge in [0.15, 0.2) is 5.78 Å². The number of ketones is 1. The lowest BCUT2D eigenvalue weighted by Crippen LogP contribution is -2.40. The van der Waals surface area contributed by atoms with E-state index in [1.165, 1.54) is 19.1 Å². The van der Waals surface area contributed by atoms with Crippen molar-refractivity contribution in [2.45, 2.75) is 33.2 Å². The van der Waals surface area contributed by atoms with Gasteiger partial charge in [0.2, 0.25) is 5.91 Å².